The summed E-state index contributed by atoms with van der Waals surface area (Å²) in [4.78, 5) is 13.3. The average Bonchev–Trinajstić information content (AvgIpc) is 2.92. The zero-order valence-corrected chi connectivity index (χ0v) is 15.4. The molecule has 0 bridgehead atoms. The van der Waals surface area contributed by atoms with E-state index in [1.54, 1.807) is 30.0 Å². The standard InChI is InChI=1S/C18H20N2OS2/c1-5-6-8-23-18-14(10-19)16(17-11(2)7-9-22-17)15(13(4)21)12(3)20-18/h5-7,9,16,20H,8H2,1-4H3/b6-5+. The number of dihydropyridines is 1. The summed E-state index contributed by atoms with van der Waals surface area (Å²) in [7, 11) is 0. The number of ketones is 1. The predicted octanol–water partition coefficient (Wildman–Crippen LogP) is 4.65. The van der Waals surface area contributed by atoms with Crippen LogP contribution in [0.3, 0.4) is 0 Å². The van der Waals surface area contributed by atoms with Gasteiger partial charge >= 0.3 is 0 Å². The van der Waals surface area contributed by atoms with Crippen molar-refractivity contribution in [1.82, 2.24) is 5.32 Å². The molecule has 1 aromatic heterocycles. The number of thioether (sulfide) groups is 1. The first kappa shape index (κ1) is 17.6. The first-order valence-corrected chi connectivity index (χ1v) is 9.28. The van der Waals surface area contributed by atoms with E-state index < -0.39 is 0 Å². The highest BCUT2D eigenvalue weighted by molar-refractivity contribution is 8.03. The summed E-state index contributed by atoms with van der Waals surface area (Å²) < 4.78 is 0. The monoisotopic (exact) mass is 344 g/mol. The summed E-state index contributed by atoms with van der Waals surface area (Å²) in [5.41, 5.74) is 3.31. The van der Waals surface area contributed by atoms with Gasteiger partial charge in [0, 0.05) is 21.9 Å². The number of nitrogens with zero attached hydrogens (tertiary/aromatic N) is 1. The second-order valence-electron chi connectivity index (χ2n) is 5.36. The molecule has 3 nitrogen and oxygen atoms in total. The van der Waals surface area contributed by atoms with E-state index in [9.17, 15) is 10.1 Å². The van der Waals surface area contributed by atoms with Gasteiger partial charge in [0.05, 0.1) is 22.6 Å². The van der Waals surface area contributed by atoms with Gasteiger partial charge in [-0.3, -0.25) is 4.79 Å². The predicted molar refractivity (Wildman–Crippen MR) is 98.2 cm³/mol. The maximum absolute atomic E-state index is 12.2. The number of aryl methyl sites for hydroxylation is 1. The zero-order valence-electron chi connectivity index (χ0n) is 13.8. The van der Waals surface area contributed by atoms with Crippen molar-refractivity contribution in [1.29, 1.82) is 5.26 Å². The van der Waals surface area contributed by atoms with Gasteiger partial charge < -0.3 is 5.32 Å². The van der Waals surface area contributed by atoms with Crippen LogP contribution in [0.25, 0.3) is 0 Å². The minimum absolute atomic E-state index is 0.0121. The fraction of sp³-hybridized carbons (Fsp3) is 0.333. The Morgan fingerprint density at radius 2 is 2.26 bits per heavy atom. The Morgan fingerprint density at radius 3 is 2.78 bits per heavy atom. The second-order valence-corrected chi connectivity index (χ2v) is 7.33. The molecular formula is C18H20N2OS2. The highest BCUT2D eigenvalue weighted by Crippen LogP contribution is 2.43. The number of carbonyl (C=O) groups is 1. The molecule has 0 radical (unpaired) electrons. The van der Waals surface area contributed by atoms with E-state index in [2.05, 4.69) is 17.5 Å². The van der Waals surface area contributed by atoms with Gasteiger partial charge in [-0.2, -0.15) is 5.26 Å². The Kier molecular flexibility index (Phi) is 5.86. The van der Waals surface area contributed by atoms with Crippen LogP contribution in [0.5, 0.6) is 0 Å². The molecule has 1 aliphatic heterocycles. The van der Waals surface area contributed by atoms with Gasteiger partial charge in [-0.05, 0) is 44.7 Å². The molecule has 1 unspecified atom stereocenters. The Labute approximate surface area is 145 Å². The lowest BCUT2D eigenvalue weighted by Gasteiger charge is -2.28. The van der Waals surface area contributed by atoms with E-state index in [4.69, 9.17) is 0 Å². The number of carbonyl (C=O) groups excluding carboxylic acids is 1. The molecule has 2 heterocycles. The fourth-order valence-electron chi connectivity index (χ4n) is 2.66. The largest absolute Gasteiger partial charge is 0.353 e. The second kappa shape index (κ2) is 7.67. The first-order chi connectivity index (χ1) is 11.0. The number of nitrogens with one attached hydrogen (secondary N) is 1. The van der Waals surface area contributed by atoms with E-state index in [-0.39, 0.29) is 11.7 Å². The van der Waals surface area contributed by atoms with Gasteiger partial charge in [0.25, 0.3) is 0 Å². The number of allylic oxidation sites excluding steroid dienone is 4. The molecule has 0 aliphatic carbocycles. The summed E-state index contributed by atoms with van der Waals surface area (Å²) in [6.07, 6.45) is 4.05. The third-order valence-corrected chi connectivity index (χ3v) is 5.80. The molecule has 1 aromatic rings. The van der Waals surface area contributed by atoms with Crippen LogP contribution < -0.4 is 5.32 Å². The third kappa shape index (κ3) is 3.60. The smallest absolute Gasteiger partial charge is 0.158 e. The van der Waals surface area contributed by atoms with Gasteiger partial charge in [0.15, 0.2) is 5.78 Å². The lowest BCUT2D eigenvalue weighted by molar-refractivity contribution is -0.113. The lowest BCUT2D eigenvalue weighted by atomic mass is 9.84. The molecule has 0 saturated carbocycles. The van der Waals surface area contributed by atoms with Crippen LogP contribution in [0.2, 0.25) is 0 Å². The normalized spacial score (nSPS) is 18.3. The van der Waals surface area contributed by atoms with Gasteiger partial charge in [0.2, 0.25) is 0 Å². The van der Waals surface area contributed by atoms with Crippen molar-refractivity contribution in [3.63, 3.8) is 0 Å². The molecule has 0 fully saturated rings. The van der Waals surface area contributed by atoms with Crippen LogP contribution in [-0.2, 0) is 4.79 Å². The average molecular weight is 345 g/mol. The Hall–Kier alpha value is -1.77. The third-order valence-electron chi connectivity index (χ3n) is 3.75. The highest BCUT2D eigenvalue weighted by Gasteiger charge is 2.34. The maximum atomic E-state index is 12.2. The van der Waals surface area contributed by atoms with Crippen LogP contribution in [-0.4, -0.2) is 11.5 Å². The minimum Gasteiger partial charge on any atom is -0.353 e. The first-order valence-electron chi connectivity index (χ1n) is 7.42. The van der Waals surface area contributed by atoms with E-state index in [0.29, 0.717) is 11.1 Å². The number of thiophene rings is 1. The van der Waals surface area contributed by atoms with E-state index >= 15 is 0 Å². The van der Waals surface area contributed by atoms with Gasteiger partial charge in [-0.1, -0.05) is 12.2 Å². The maximum Gasteiger partial charge on any atom is 0.158 e. The number of hydrogen-bond donors (Lipinski definition) is 1. The van der Waals surface area contributed by atoms with E-state index in [1.807, 2.05) is 38.3 Å². The molecule has 2 rings (SSSR count). The summed E-state index contributed by atoms with van der Waals surface area (Å²) >= 11 is 3.20. The fourth-order valence-corrected chi connectivity index (χ4v) is 4.71. The van der Waals surface area contributed by atoms with Crippen molar-refractivity contribution in [3.8, 4) is 6.07 Å². The van der Waals surface area contributed by atoms with Gasteiger partial charge in [0.1, 0.15) is 0 Å². The van der Waals surface area contributed by atoms with Gasteiger partial charge in [-0.25, -0.2) is 0 Å². The molecule has 5 heteroatoms. The number of nitriles is 1. The van der Waals surface area contributed by atoms with Crippen LogP contribution in [0, 0.1) is 18.3 Å². The van der Waals surface area contributed by atoms with Crippen molar-refractivity contribution < 1.29 is 4.79 Å². The van der Waals surface area contributed by atoms with Crippen LogP contribution in [0.1, 0.15) is 37.1 Å². The molecule has 1 aliphatic rings. The molecule has 23 heavy (non-hydrogen) atoms. The lowest BCUT2D eigenvalue weighted by Crippen LogP contribution is -2.27. The van der Waals surface area contributed by atoms with Crippen molar-refractivity contribution in [2.45, 2.75) is 33.6 Å². The minimum atomic E-state index is -0.258. The molecule has 0 saturated heterocycles. The summed E-state index contributed by atoms with van der Waals surface area (Å²) in [5.74, 6) is 0.549. The molecule has 120 valence electrons. The van der Waals surface area contributed by atoms with E-state index in [1.165, 1.54) is 0 Å². The highest BCUT2D eigenvalue weighted by atomic mass is 32.2. The topological polar surface area (TPSA) is 52.9 Å². The molecular weight excluding hydrogens is 324 g/mol. The summed E-state index contributed by atoms with van der Waals surface area (Å²) in [6, 6.07) is 4.38. The zero-order chi connectivity index (χ0) is 17.0. The van der Waals surface area contributed by atoms with E-state index in [0.717, 1.165) is 26.9 Å². The van der Waals surface area contributed by atoms with Crippen molar-refractivity contribution in [3.05, 3.63) is 55.9 Å². The quantitative estimate of drug-likeness (QED) is 0.790. The Bertz CT molecular complexity index is 747. The summed E-state index contributed by atoms with van der Waals surface area (Å²) in [6.45, 7) is 7.49. The van der Waals surface area contributed by atoms with Gasteiger partial charge in [-0.15, -0.1) is 23.1 Å². The molecule has 1 N–H and O–H groups in total. The Morgan fingerprint density at radius 1 is 1.52 bits per heavy atom. The Balaban J connectivity index is 2.56. The molecule has 0 amide bonds. The van der Waals surface area contributed by atoms with Crippen molar-refractivity contribution >= 4 is 28.9 Å². The van der Waals surface area contributed by atoms with Crippen LogP contribution in [0.15, 0.2) is 45.5 Å². The molecule has 0 aromatic carbocycles. The van der Waals surface area contributed by atoms with Crippen LogP contribution in [0.4, 0.5) is 0 Å². The van der Waals surface area contributed by atoms with Crippen LogP contribution >= 0.6 is 23.1 Å². The number of Topliss-reactive ketones (excluding diaryl/α,β-unsaturated/α-hetero) is 1. The SMILES string of the molecule is C/C=C/CSC1=C(C#N)C(c2sccc2C)C(C(C)=O)=C(C)N1. The van der Waals surface area contributed by atoms with Crippen molar-refractivity contribution in [2.24, 2.45) is 0 Å². The number of hydrogen-bond acceptors (Lipinski definition) is 5. The van der Waals surface area contributed by atoms with Crippen molar-refractivity contribution in [2.75, 3.05) is 5.75 Å². The molecule has 1 atom stereocenters. The summed E-state index contributed by atoms with van der Waals surface area (Å²) in [5, 5.41) is 15.9. The molecule has 0 spiro atoms. The number of rotatable bonds is 5.